The highest BCUT2D eigenvalue weighted by atomic mass is 32.1. The number of aryl methyl sites for hydroxylation is 1. The molecule has 4 heterocycles. The number of ether oxygens (including phenoxy) is 2. The lowest BCUT2D eigenvalue weighted by Crippen LogP contribution is -2.45. The number of carbonyl (C=O) groups is 1. The number of rotatable bonds is 7. The van der Waals surface area contributed by atoms with Gasteiger partial charge in [0.15, 0.2) is 5.82 Å². The van der Waals surface area contributed by atoms with E-state index in [1.165, 1.54) is 11.3 Å². The predicted octanol–water partition coefficient (Wildman–Crippen LogP) is 2.23. The lowest BCUT2D eigenvalue weighted by atomic mass is 10.2. The number of carbonyl (C=O) groups excluding carboxylic acids is 1. The summed E-state index contributed by atoms with van der Waals surface area (Å²) in [6.45, 7) is 6.42. The molecule has 9 nitrogen and oxygen atoms in total. The van der Waals surface area contributed by atoms with Crippen molar-refractivity contribution in [1.29, 1.82) is 0 Å². The van der Waals surface area contributed by atoms with Crippen LogP contribution in [0, 0.1) is 6.92 Å². The van der Waals surface area contributed by atoms with Crippen molar-refractivity contribution >= 4 is 33.3 Å². The molecule has 3 aromatic rings. The summed E-state index contributed by atoms with van der Waals surface area (Å²) < 4.78 is 10.6. The number of amides is 1. The van der Waals surface area contributed by atoms with Crippen LogP contribution in [-0.4, -0.2) is 73.2 Å². The number of pyridine rings is 1. The normalized spacial score (nSPS) is 14.7. The van der Waals surface area contributed by atoms with Gasteiger partial charge >= 0.3 is 0 Å². The molecule has 4 rings (SSSR count). The summed E-state index contributed by atoms with van der Waals surface area (Å²) in [7, 11) is 5.28. The molecule has 32 heavy (non-hydrogen) atoms. The van der Waals surface area contributed by atoms with Crippen molar-refractivity contribution in [3.8, 4) is 5.88 Å². The van der Waals surface area contributed by atoms with E-state index >= 15 is 0 Å². The molecule has 1 amide bonds. The van der Waals surface area contributed by atoms with Gasteiger partial charge in [-0.2, -0.15) is 4.98 Å². The first-order chi connectivity index (χ1) is 15.5. The van der Waals surface area contributed by atoms with E-state index in [-0.39, 0.29) is 12.5 Å². The van der Waals surface area contributed by atoms with Crippen LogP contribution in [0.1, 0.15) is 26.6 Å². The highest BCUT2D eigenvalue weighted by Crippen LogP contribution is 2.35. The van der Waals surface area contributed by atoms with E-state index in [0.717, 1.165) is 48.5 Å². The third-order valence-corrected chi connectivity index (χ3v) is 6.77. The number of thiophene rings is 1. The van der Waals surface area contributed by atoms with E-state index in [2.05, 4.69) is 37.1 Å². The number of anilines is 1. The molecule has 1 N–H and O–H groups in total. The van der Waals surface area contributed by atoms with E-state index in [1.54, 1.807) is 20.4 Å². The van der Waals surface area contributed by atoms with Gasteiger partial charge in [-0.1, -0.05) is 6.07 Å². The van der Waals surface area contributed by atoms with Crippen LogP contribution < -0.4 is 15.0 Å². The maximum absolute atomic E-state index is 13.1. The molecule has 1 saturated heterocycles. The second-order valence-corrected chi connectivity index (χ2v) is 8.78. The zero-order chi connectivity index (χ0) is 22.7. The van der Waals surface area contributed by atoms with Crippen molar-refractivity contribution in [3.63, 3.8) is 0 Å². The van der Waals surface area contributed by atoms with Crippen LogP contribution in [-0.2, 0) is 17.9 Å². The molecular formula is C22H28N6O3S. The van der Waals surface area contributed by atoms with Crippen molar-refractivity contribution < 1.29 is 14.3 Å². The molecule has 0 aliphatic carbocycles. The summed E-state index contributed by atoms with van der Waals surface area (Å²) in [6.07, 6.45) is 1.80. The maximum Gasteiger partial charge on any atom is 0.261 e. The van der Waals surface area contributed by atoms with Gasteiger partial charge in [-0.15, -0.1) is 11.3 Å². The van der Waals surface area contributed by atoms with E-state index in [9.17, 15) is 4.79 Å². The molecule has 0 saturated carbocycles. The summed E-state index contributed by atoms with van der Waals surface area (Å²) >= 11 is 1.34. The molecule has 1 aliphatic heterocycles. The molecule has 0 unspecified atom stereocenters. The summed E-state index contributed by atoms with van der Waals surface area (Å²) in [5, 5.41) is 3.83. The van der Waals surface area contributed by atoms with Crippen molar-refractivity contribution in [2.75, 3.05) is 52.3 Å². The zero-order valence-corrected chi connectivity index (χ0v) is 19.7. The van der Waals surface area contributed by atoms with Crippen LogP contribution in [0.25, 0.3) is 10.2 Å². The first kappa shape index (κ1) is 22.4. The fraction of sp³-hybridized carbons (Fsp3) is 0.455. The molecule has 0 radical (unpaired) electrons. The number of piperazine rings is 1. The van der Waals surface area contributed by atoms with Gasteiger partial charge in [0.05, 0.1) is 17.4 Å². The molecular weight excluding hydrogens is 428 g/mol. The van der Waals surface area contributed by atoms with E-state index in [0.29, 0.717) is 28.0 Å². The minimum Gasteiger partial charge on any atom is -0.480 e. The molecule has 0 bridgehead atoms. The molecule has 1 fully saturated rings. The lowest BCUT2D eigenvalue weighted by molar-refractivity contribution is 0.0954. The SMILES string of the molecule is COCc1nc(OC)c2c(C)c(C(=O)NCc3cccnc3N3CCN(C)CC3)sc2n1. The van der Waals surface area contributed by atoms with Crippen LogP contribution in [0.5, 0.6) is 5.88 Å². The van der Waals surface area contributed by atoms with Crippen molar-refractivity contribution in [3.05, 3.63) is 40.2 Å². The second-order valence-electron chi connectivity index (χ2n) is 7.78. The average molecular weight is 457 g/mol. The van der Waals surface area contributed by atoms with Crippen LogP contribution in [0.15, 0.2) is 18.3 Å². The molecule has 3 aromatic heterocycles. The van der Waals surface area contributed by atoms with E-state index in [1.807, 2.05) is 19.1 Å². The topological polar surface area (TPSA) is 92.7 Å². The average Bonchev–Trinajstić information content (AvgIpc) is 3.14. The number of fused-ring (bicyclic) bond motifs is 1. The van der Waals surface area contributed by atoms with Crippen LogP contribution in [0.3, 0.4) is 0 Å². The van der Waals surface area contributed by atoms with E-state index < -0.39 is 0 Å². The van der Waals surface area contributed by atoms with Gasteiger partial charge in [-0.3, -0.25) is 4.79 Å². The van der Waals surface area contributed by atoms with Gasteiger partial charge in [0.2, 0.25) is 5.88 Å². The monoisotopic (exact) mass is 456 g/mol. The number of nitrogens with zero attached hydrogens (tertiary/aromatic N) is 5. The van der Waals surface area contributed by atoms with Crippen molar-refractivity contribution in [2.24, 2.45) is 0 Å². The molecule has 1 aliphatic rings. The maximum atomic E-state index is 13.1. The number of hydrogen-bond donors (Lipinski definition) is 1. The smallest absolute Gasteiger partial charge is 0.261 e. The van der Waals surface area contributed by atoms with Crippen molar-refractivity contribution in [1.82, 2.24) is 25.2 Å². The highest BCUT2D eigenvalue weighted by Gasteiger charge is 2.22. The van der Waals surface area contributed by atoms with Crippen LogP contribution in [0.4, 0.5) is 5.82 Å². The quantitative estimate of drug-likeness (QED) is 0.579. The molecule has 170 valence electrons. The van der Waals surface area contributed by atoms with Gasteiger partial charge in [0.1, 0.15) is 17.3 Å². The minimum atomic E-state index is -0.144. The van der Waals surface area contributed by atoms with Crippen LogP contribution in [0.2, 0.25) is 0 Å². The van der Waals surface area contributed by atoms with Gasteiger partial charge in [0.25, 0.3) is 5.91 Å². The third kappa shape index (κ3) is 4.52. The minimum absolute atomic E-state index is 0.144. The Morgan fingerprint density at radius 2 is 2.00 bits per heavy atom. The van der Waals surface area contributed by atoms with Crippen LogP contribution >= 0.6 is 11.3 Å². The van der Waals surface area contributed by atoms with Crippen molar-refractivity contribution in [2.45, 2.75) is 20.1 Å². The standard InChI is InChI=1S/C22H28N6O3S/c1-14-17-21(31-4)25-16(13-30-3)26-22(17)32-18(14)20(29)24-12-15-6-5-7-23-19(15)28-10-8-27(2)9-11-28/h5-7H,8-13H2,1-4H3,(H,24,29). The summed E-state index contributed by atoms with van der Waals surface area (Å²) in [4.78, 5) is 32.5. The number of methoxy groups -OCH3 is 2. The first-order valence-corrected chi connectivity index (χ1v) is 11.3. The Hall–Kier alpha value is -2.82. The lowest BCUT2D eigenvalue weighted by Gasteiger charge is -2.34. The zero-order valence-electron chi connectivity index (χ0n) is 18.8. The fourth-order valence-electron chi connectivity index (χ4n) is 3.83. The van der Waals surface area contributed by atoms with Gasteiger partial charge in [0, 0.05) is 51.6 Å². The summed E-state index contributed by atoms with van der Waals surface area (Å²) in [5.41, 5.74) is 1.82. The molecule has 0 spiro atoms. The Labute approximate surface area is 191 Å². The highest BCUT2D eigenvalue weighted by molar-refractivity contribution is 7.20. The van der Waals surface area contributed by atoms with E-state index in [4.69, 9.17) is 9.47 Å². The Kier molecular flexibility index (Phi) is 6.83. The van der Waals surface area contributed by atoms with Gasteiger partial charge in [-0.25, -0.2) is 9.97 Å². The molecule has 10 heteroatoms. The Bertz CT molecular complexity index is 1110. The fourth-order valence-corrected chi connectivity index (χ4v) is 4.94. The molecule has 0 aromatic carbocycles. The second kappa shape index (κ2) is 9.76. The Morgan fingerprint density at radius 3 is 2.72 bits per heavy atom. The largest absolute Gasteiger partial charge is 0.480 e. The third-order valence-electron chi connectivity index (χ3n) is 5.59. The molecule has 0 atom stereocenters. The van der Waals surface area contributed by atoms with Gasteiger partial charge in [-0.05, 0) is 25.6 Å². The summed E-state index contributed by atoms with van der Waals surface area (Å²) in [6, 6.07) is 3.92. The first-order valence-electron chi connectivity index (χ1n) is 10.5. The Morgan fingerprint density at radius 1 is 1.22 bits per heavy atom. The number of nitrogens with one attached hydrogen (secondary N) is 1. The number of aromatic nitrogens is 3. The number of likely N-dealkylation sites (N-methyl/N-ethyl adjacent to an activating group) is 1. The summed E-state index contributed by atoms with van der Waals surface area (Å²) in [5.74, 6) is 1.77. The predicted molar refractivity (Wildman–Crippen MR) is 125 cm³/mol. The number of hydrogen-bond acceptors (Lipinski definition) is 9. The Balaban J connectivity index is 1.55. The van der Waals surface area contributed by atoms with Gasteiger partial charge < -0.3 is 24.6 Å².